The summed E-state index contributed by atoms with van der Waals surface area (Å²) in [5.41, 5.74) is 0. The molecule has 162 valence electrons. The van der Waals surface area contributed by atoms with E-state index in [0.717, 1.165) is 58.2 Å². The molecule has 2 fully saturated rings. The van der Waals surface area contributed by atoms with E-state index in [0.29, 0.717) is 18.8 Å². The number of nitrogens with zero attached hydrogens (tertiary/aromatic N) is 5. The molecule has 8 nitrogen and oxygen atoms in total. The number of guanidine groups is 1. The van der Waals surface area contributed by atoms with Crippen LogP contribution in [0.25, 0.3) is 0 Å². The first-order chi connectivity index (χ1) is 14.2. The van der Waals surface area contributed by atoms with Crippen molar-refractivity contribution in [2.24, 2.45) is 4.99 Å². The van der Waals surface area contributed by atoms with Crippen molar-refractivity contribution in [1.82, 2.24) is 24.9 Å². The molecule has 0 aromatic carbocycles. The monoisotopic (exact) mass is 404 g/mol. The summed E-state index contributed by atoms with van der Waals surface area (Å²) in [6, 6.07) is 3.48. The number of nitrogens with one attached hydrogen (secondary N) is 1. The van der Waals surface area contributed by atoms with Crippen LogP contribution in [0.15, 0.2) is 27.8 Å². The number of aliphatic imine (C=N–C) groups is 1. The first kappa shape index (κ1) is 21.6. The standard InChI is InChI=1S/C21H36N6O2/c1-3-22-21(23-8-5-10-25-11-6-9-24(2)12-13-25)27-16-14-26(15-17-27)20(28)19-7-4-18-29-19/h4,7,18H,3,5-6,8-17H2,1-2H3,(H,22,23). The third-order valence-corrected chi connectivity index (χ3v) is 5.64. The smallest absolute Gasteiger partial charge is 0.289 e. The number of hydrogen-bond donors (Lipinski definition) is 1. The van der Waals surface area contributed by atoms with Gasteiger partial charge in [0.15, 0.2) is 11.7 Å². The van der Waals surface area contributed by atoms with Crippen LogP contribution in [-0.2, 0) is 0 Å². The molecule has 1 amide bonds. The van der Waals surface area contributed by atoms with Gasteiger partial charge in [-0.1, -0.05) is 0 Å². The van der Waals surface area contributed by atoms with Crippen LogP contribution in [0.1, 0.15) is 30.3 Å². The molecular weight excluding hydrogens is 368 g/mol. The molecular formula is C21H36N6O2. The fourth-order valence-electron chi connectivity index (χ4n) is 3.91. The van der Waals surface area contributed by atoms with E-state index in [-0.39, 0.29) is 5.91 Å². The maximum atomic E-state index is 12.4. The maximum Gasteiger partial charge on any atom is 0.289 e. The molecule has 29 heavy (non-hydrogen) atoms. The Bertz CT molecular complexity index is 640. The van der Waals surface area contributed by atoms with Crippen LogP contribution < -0.4 is 5.32 Å². The highest BCUT2D eigenvalue weighted by atomic mass is 16.3. The fourth-order valence-corrected chi connectivity index (χ4v) is 3.91. The van der Waals surface area contributed by atoms with Gasteiger partial charge in [0.25, 0.3) is 5.91 Å². The molecule has 2 saturated heterocycles. The Morgan fingerprint density at radius 1 is 1.10 bits per heavy atom. The Morgan fingerprint density at radius 3 is 2.62 bits per heavy atom. The molecule has 2 aliphatic rings. The molecule has 0 bridgehead atoms. The Labute approximate surface area is 174 Å². The fraction of sp³-hybridized carbons (Fsp3) is 0.714. The molecule has 0 unspecified atom stereocenters. The van der Waals surface area contributed by atoms with E-state index in [1.54, 1.807) is 18.4 Å². The Balaban J connectivity index is 1.43. The quantitative estimate of drug-likeness (QED) is 0.434. The third kappa shape index (κ3) is 6.47. The summed E-state index contributed by atoms with van der Waals surface area (Å²) < 4.78 is 5.24. The van der Waals surface area contributed by atoms with Gasteiger partial charge < -0.3 is 29.3 Å². The summed E-state index contributed by atoms with van der Waals surface area (Å²) in [5.74, 6) is 1.35. The molecule has 0 atom stereocenters. The molecule has 1 aromatic heterocycles. The third-order valence-electron chi connectivity index (χ3n) is 5.64. The van der Waals surface area contributed by atoms with E-state index in [2.05, 4.69) is 34.0 Å². The number of rotatable bonds is 6. The number of carbonyl (C=O) groups is 1. The maximum absolute atomic E-state index is 12.4. The van der Waals surface area contributed by atoms with E-state index >= 15 is 0 Å². The topological polar surface area (TPSA) is 67.6 Å². The van der Waals surface area contributed by atoms with Gasteiger partial charge in [-0.3, -0.25) is 9.79 Å². The minimum absolute atomic E-state index is 0.0281. The van der Waals surface area contributed by atoms with Crippen molar-refractivity contribution in [3.05, 3.63) is 24.2 Å². The van der Waals surface area contributed by atoms with Crippen LogP contribution >= 0.6 is 0 Å². The molecule has 0 saturated carbocycles. The average Bonchev–Trinajstić information content (AvgIpc) is 3.20. The second-order valence-electron chi connectivity index (χ2n) is 7.84. The van der Waals surface area contributed by atoms with Gasteiger partial charge in [0.05, 0.1) is 6.26 Å². The number of piperazine rings is 1. The summed E-state index contributed by atoms with van der Waals surface area (Å²) in [7, 11) is 2.21. The van der Waals surface area contributed by atoms with Gasteiger partial charge in [0.2, 0.25) is 0 Å². The lowest BCUT2D eigenvalue weighted by Crippen LogP contribution is -2.53. The predicted molar refractivity (Wildman–Crippen MR) is 115 cm³/mol. The van der Waals surface area contributed by atoms with Gasteiger partial charge in [-0.15, -0.1) is 0 Å². The zero-order valence-corrected chi connectivity index (χ0v) is 18.0. The van der Waals surface area contributed by atoms with Crippen molar-refractivity contribution < 1.29 is 9.21 Å². The van der Waals surface area contributed by atoms with Crippen LogP contribution in [0.5, 0.6) is 0 Å². The summed E-state index contributed by atoms with van der Waals surface area (Å²) in [5, 5.41) is 3.41. The normalized spacial score (nSPS) is 20.0. The van der Waals surface area contributed by atoms with Crippen LogP contribution in [0, 0.1) is 0 Å². The average molecular weight is 405 g/mol. The summed E-state index contributed by atoms with van der Waals surface area (Å²) >= 11 is 0. The largest absolute Gasteiger partial charge is 0.459 e. The number of carbonyl (C=O) groups excluding carboxylic acids is 1. The van der Waals surface area contributed by atoms with Crippen LogP contribution in [0.3, 0.4) is 0 Å². The van der Waals surface area contributed by atoms with E-state index < -0.39 is 0 Å². The highest BCUT2D eigenvalue weighted by molar-refractivity contribution is 5.91. The molecule has 1 N–H and O–H groups in total. The zero-order valence-electron chi connectivity index (χ0n) is 18.0. The Morgan fingerprint density at radius 2 is 1.90 bits per heavy atom. The second-order valence-corrected chi connectivity index (χ2v) is 7.84. The summed E-state index contributed by atoms with van der Waals surface area (Å²) in [4.78, 5) is 26.4. The molecule has 8 heteroatoms. The lowest BCUT2D eigenvalue weighted by atomic mass is 10.3. The molecule has 0 radical (unpaired) electrons. The van der Waals surface area contributed by atoms with Crippen molar-refractivity contribution in [3.8, 4) is 0 Å². The highest BCUT2D eigenvalue weighted by Gasteiger charge is 2.25. The van der Waals surface area contributed by atoms with Gasteiger partial charge in [-0.2, -0.15) is 0 Å². The minimum atomic E-state index is -0.0281. The van der Waals surface area contributed by atoms with Gasteiger partial charge in [0, 0.05) is 52.4 Å². The first-order valence-electron chi connectivity index (χ1n) is 10.9. The first-order valence-corrected chi connectivity index (χ1v) is 10.9. The molecule has 3 heterocycles. The number of hydrogen-bond acceptors (Lipinski definition) is 5. The molecule has 1 aromatic rings. The van der Waals surface area contributed by atoms with Crippen molar-refractivity contribution >= 4 is 11.9 Å². The molecule has 2 aliphatic heterocycles. The van der Waals surface area contributed by atoms with Gasteiger partial charge >= 0.3 is 0 Å². The van der Waals surface area contributed by atoms with E-state index in [4.69, 9.17) is 9.41 Å². The Kier molecular flexibility index (Phi) is 8.37. The SMILES string of the molecule is CCNC(=NCCCN1CCCN(C)CC1)N1CCN(C(=O)c2ccco2)CC1. The summed E-state index contributed by atoms with van der Waals surface area (Å²) in [6.07, 6.45) is 3.88. The van der Waals surface area contributed by atoms with E-state index in [1.165, 1.54) is 19.5 Å². The molecule has 0 aliphatic carbocycles. The van der Waals surface area contributed by atoms with Gasteiger partial charge in [-0.05, 0) is 58.6 Å². The number of amides is 1. The van der Waals surface area contributed by atoms with Crippen LogP contribution in [0.2, 0.25) is 0 Å². The summed E-state index contributed by atoms with van der Waals surface area (Å²) in [6.45, 7) is 12.6. The van der Waals surface area contributed by atoms with Crippen molar-refractivity contribution in [2.45, 2.75) is 19.8 Å². The van der Waals surface area contributed by atoms with Gasteiger partial charge in [-0.25, -0.2) is 0 Å². The van der Waals surface area contributed by atoms with Crippen molar-refractivity contribution in [2.75, 3.05) is 79.0 Å². The van der Waals surface area contributed by atoms with Crippen LogP contribution in [0.4, 0.5) is 0 Å². The van der Waals surface area contributed by atoms with Crippen molar-refractivity contribution in [1.29, 1.82) is 0 Å². The van der Waals surface area contributed by atoms with Gasteiger partial charge in [0.1, 0.15) is 0 Å². The predicted octanol–water partition coefficient (Wildman–Crippen LogP) is 1.03. The second kappa shape index (κ2) is 11.2. The lowest BCUT2D eigenvalue weighted by Gasteiger charge is -2.36. The van der Waals surface area contributed by atoms with E-state index in [9.17, 15) is 4.79 Å². The van der Waals surface area contributed by atoms with Crippen molar-refractivity contribution in [3.63, 3.8) is 0 Å². The Hall–Kier alpha value is -2.06. The van der Waals surface area contributed by atoms with E-state index in [1.807, 2.05) is 4.90 Å². The zero-order chi connectivity index (χ0) is 20.5. The minimum Gasteiger partial charge on any atom is -0.459 e. The number of furan rings is 1. The number of likely N-dealkylation sites (N-methyl/N-ethyl adjacent to an activating group) is 1. The lowest BCUT2D eigenvalue weighted by molar-refractivity contribution is 0.0657. The van der Waals surface area contributed by atoms with Crippen LogP contribution in [-0.4, -0.2) is 111 Å². The molecule has 0 spiro atoms. The highest BCUT2D eigenvalue weighted by Crippen LogP contribution is 2.10. The molecule has 3 rings (SSSR count).